The predicted octanol–water partition coefficient (Wildman–Crippen LogP) is 6.82. The zero-order chi connectivity index (χ0) is 23.6. The highest BCUT2D eigenvalue weighted by atomic mass is 16.7. The summed E-state index contributed by atoms with van der Waals surface area (Å²) >= 11 is 0. The Morgan fingerprint density at radius 3 is 2.49 bits per heavy atom. The van der Waals surface area contributed by atoms with Crippen molar-refractivity contribution in [2.75, 3.05) is 26.4 Å². The standard InChI is InChI=1S/C31H31NO3/c33-29(10-4-7-17-32-15-5-1-6-16-32)23-12-13-26-27(24-8-2-3-9-25(24)28(26)20-23)18-22-11-14-30-31(19-22)35-21-34-30/h2-3,8-9,11-14,18-20H,1,4-7,10,15-17,21H2/b27-18-. The molecule has 35 heavy (non-hydrogen) atoms. The minimum atomic E-state index is 0.247. The number of ether oxygens (including phenoxy) is 2. The molecule has 0 N–H and O–H groups in total. The number of carbonyl (C=O) groups excluding carboxylic acids is 1. The minimum absolute atomic E-state index is 0.247. The Labute approximate surface area is 207 Å². The number of carbonyl (C=O) groups is 1. The van der Waals surface area contributed by atoms with Crippen LogP contribution in [0.25, 0.3) is 22.8 Å². The second-order valence-electron chi connectivity index (χ2n) is 9.76. The fourth-order valence-corrected chi connectivity index (χ4v) is 5.55. The van der Waals surface area contributed by atoms with Gasteiger partial charge >= 0.3 is 0 Å². The fourth-order valence-electron chi connectivity index (χ4n) is 5.55. The van der Waals surface area contributed by atoms with Crippen LogP contribution in [-0.2, 0) is 0 Å². The topological polar surface area (TPSA) is 38.8 Å². The molecule has 0 radical (unpaired) electrons. The molecule has 0 unspecified atom stereocenters. The zero-order valence-corrected chi connectivity index (χ0v) is 20.1. The van der Waals surface area contributed by atoms with Gasteiger partial charge in [0.25, 0.3) is 0 Å². The molecule has 1 aliphatic carbocycles. The Kier molecular flexibility index (Phi) is 6.13. The number of hydrogen-bond acceptors (Lipinski definition) is 4. The van der Waals surface area contributed by atoms with Crippen molar-refractivity contribution in [2.45, 2.75) is 38.5 Å². The summed E-state index contributed by atoms with van der Waals surface area (Å²) in [5.41, 5.74) is 7.77. The van der Waals surface area contributed by atoms with Crippen molar-refractivity contribution in [1.82, 2.24) is 4.90 Å². The number of unbranched alkanes of at least 4 members (excludes halogenated alkanes) is 1. The van der Waals surface area contributed by atoms with Crippen molar-refractivity contribution >= 4 is 17.4 Å². The van der Waals surface area contributed by atoms with Gasteiger partial charge in [0, 0.05) is 12.0 Å². The maximum Gasteiger partial charge on any atom is 0.231 e. The van der Waals surface area contributed by atoms with Gasteiger partial charge in [-0.05, 0) is 103 Å². The van der Waals surface area contributed by atoms with Gasteiger partial charge in [0.2, 0.25) is 6.79 Å². The molecule has 4 heteroatoms. The monoisotopic (exact) mass is 465 g/mol. The number of rotatable bonds is 7. The third kappa shape index (κ3) is 4.51. The van der Waals surface area contributed by atoms with Crippen LogP contribution in [0, 0.1) is 0 Å². The lowest BCUT2D eigenvalue weighted by atomic mass is 9.97. The molecule has 1 saturated heterocycles. The molecule has 0 bridgehead atoms. The van der Waals surface area contributed by atoms with Crippen LogP contribution in [0.4, 0.5) is 0 Å². The van der Waals surface area contributed by atoms with E-state index < -0.39 is 0 Å². The van der Waals surface area contributed by atoms with E-state index in [1.807, 2.05) is 18.2 Å². The van der Waals surface area contributed by atoms with Crippen molar-refractivity contribution in [2.24, 2.45) is 0 Å². The van der Waals surface area contributed by atoms with E-state index in [2.05, 4.69) is 53.4 Å². The first-order chi connectivity index (χ1) is 17.3. The van der Waals surface area contributed by atoms with Gasteiger partial charge in [-0.2, -0.15) is 0 Å². The number of nitrogens with zero attached hydrogens (tertiary/aromatic N) is 1. The van der Waals surface area contributed by atoms with Gasteiger partial charge in [-0.15, -0.1) is 0 Å². The van der Waals surface area contributed by atoms with Crippen LogP contribution < -0.4 is 9.47 Å². The smallest absolute Gasteiger partial charge is 0.231 e. The fraction of sp³-hybridized carbons (Fsp3) is 0.323. The van der Waals surface area contributed by atoms with Crippen LogP contribution in [0.15, 0.2) is 60.7 Å². The number of benzene rings is 3. The summed E-state index contributed by atoms with van der Waals surface area (Å²) in [5, 5.41) is 0. The lowest BCUT2D eigenvalue weighted by Gasteiger charge is -2.26. The molecule has 2 aliphatic heterocycles. The number of hydrogen-bond donors (Lipinski definition) is 0. The third-order valence-electron chi connectivity index (χ3n) is 7.42. The van der Waals surface area contributed by atoms with Crippen LogP contribution in [0.5, 0.6) is 11.5 Å². The van der Waals surface area contributed by atoms with Crippen LogP contribution in [0.3, 0.4) is 0 Å². The lowest BCUT2D eigenvalue weighted by molar-refractivity contribution is 0.0977. The van der Waals surface area contributed by atoms with Gasteiger partial charge in [-0.3, -0.25) is 4.79 Å². The molecule has 3 aromatic rings. The first-order valence-corrected chi connectivity index (χ1v) is 12.9. The number of piperidine rings is 1. The van der Waals surface area contributed by atoms with Crippen molar-refractivity contribution in [3.05, 3.63) is 82.9 Å². The molecule has 3 aliphatic rings. The van der Waals surface area contributed by atoms with E-state index in [9.17, 15) is 4.79 Å². The van der Waals surface area contributed by atoms with Crippen molar-refractivity contribution in [3.8, 4) is 22.6 Å². The number of ketones is 1. The Morgan fingerprint density at radius 1 is 0.800 bits per heavy atom. The molecule has 0 atom stereocenters. The average Bonchev–Trinajstić information content (AvgIpc) is 3.49. The Morgan fingerprint density at radius 2 is 1.60 bits per heavy atom. The van der Waals surface area contributed by atoms with E-state index in [4.69, 9.17) is 9.47 Å². The predicted molar refractivity (Wildman–Crippen MR) is 140 cm³/mol. The summed E-state index contributed by atoms with van der Waals surface area (Å²) in [5.74, 6) is 1.82. The highest BCUT2D eigenvalue weighted by molar-refractivity contribution is 6.08. The molecular weight excluding hydrogens is 434 g/mol. The second kappa shape index (κ2) is 9.71. The highest BCUT2D eigenvalue weighted by Gasteiger charge is 2.24. The van der Waals surface area contributed by atoms with Crippen molar-refractivity contribution in [3.63, 3.8) is 0 Å². The maximum absolute atomic E-state index is 13.0. The molecule has 0 saturated carbocycles. The highest BCUT2D eigenvalue weighted by Crippen LogP contribution is 2.46. The largest absolute Gasteiger partial charge is 0.454 e. The molecular formula is C31H31NO3. The maximum atomic E-state index is 13.0. The number of fused-ring (bicyclic) bond motifs is 4. The minimum Gasteiger partial charge on any atom is -0.454 e. The first kappa shape index (κ1) is 22.1. The van der Waals surface area contributed by atoms with Gasteiger partial charge < -0.3 is 14.4 Å². The summed E-state index contributed by atoms with van der Waals surface area (Å²) in [4.78, 5) is 15.6. The normalized spacial score (nSPS) is 17.4. The molecule has 3 aromatic carbocycles. The van der Waals surface area contributed by atoms with Crippen LogP contribution in [-0.4, -0.2) is 37.1 Å². The van der Waals surface area contributed by atoms with Gasteiger partial charge in [0.15, 0.2) is 17.3 Å². The van der Waals surface area contributed by atoms with Crippen LogP contribution in [0.2, 0.25) is 0 Å². The molecule has 2 heterocycles. The quantitative estimate of drug-likeness (QED) is 0.222. The van der Waals surface area contributed by atoms with Gasteiger partial charge in [0.1, 0.15) is 0 Å². The summed E-state index contributed by atoms with van der Waals surface area (Å²) in [6.07, 6.45) is 8.88. The van der Waals surface area contributed by atoms with E-state index >= 15 is 0 Å². The van der Waals surface area contributed by atoms with E-state index in [-0.39, 0.29) is 12.6 Å². The summed E-state index contributed by atoms with van der Waals surface area (Å²) in [6, 6.07) is 20.7. The van der Waals surface area contributed by atoms with Gasteiger partial charge in [-0.25, -0.2) is 0 Å². The van der Waals surface area contributed by atoms with Crippen LogP contribution >= 0.6 is 0 Å². The number of likely N-dealkylation sites (tertiary alicyclic amines) is 1. The SMILES string of the molecule is O=C(CCCCN1CCCCC1)c1ccc2c(c1)-c1ccccc1/C2=C/c1ccc2c(c1)OCO2. The van der Waals surface area contributed by atoms with E-state index in [0.717, 1.165) is 47.6 Å². The molecule has 0 aromatic heterocycles. The average molecular weight is 466 g/mol. The molecule has 0 amide bonds. The Hall–Kier alpha value is -3.37. The summed E-state index contributed by atoms with van der Waals surface area (Å²) in [7, 11) is 0. The van der Waals surface area contributed by atoms with E-state index in [0.29, 0.717) is 6.42 Å². The van der Waals surface area contributed by atoms with E-state index in [1.165, 1.54) is 54.6 Å². The number of Topliss-reactive ketones (excluding diaryl/α,β-unsaturated/α-hetero) is 1. The second-order valence-corrected chi connectivity index (χ2v) is 9.76. The van der Waals surface area contributed by atoms with Gasteiger partial charge in [0.05, 0.1) is 0 Å². The molecule has 1 fully saturated rings. The molecule has 6 rings (SSSR count). The Bertz CT molecular complexity index is 1290. The Balaban J connectivity index is 1.21. The van der Waals surface area contributed by atoms with Crippen molar-refractivity contribution in [1.29, 1.82) is 0 Å². The lowest BCUT2D eigenvalue weighted by Crippen LogP contribution is -2.30. The van der Waals surface area contributed by atoms with Gasteiger partial charge in [-0.1, -0.05) is 48.9 Å². The molecule has 4 nitrogen and oxygen atoms in total. The summed E-state index contributed by atoms with van der Waals surface area (Å²) in [6.45, 7) is 3.84. The third-order valence-corrected chi connectivity index (χ3v) is 7.42. The molecule has 178 valence electrons. The zero-order valence-electron chi connectivity index (χ0n) is 20.1. The molecule has 0 spiro atoms. The first-order valence-electron chi connectivity index (χ1n) is 12.9. The van der Waals surface area contributed by atoms with Crippen molar-refractivity contribution < 1.29 is 14.3 Å². The van der Waals surface area contributed by atoms with Crippen LogP contribution in [0.1, 0.15) is 65.6 Å². The van der Waals surface area contributed by atoms with E-state index in [1.54, 1.807) is 0 Å². The summed E-state index contributed by atoms with van der Waals surface area (Å²) < 4.78 is 11.0.